The van der Waals surface area contributed by atoms with Crippen molar-refractivity contribution in [1.29, 1.82) is 0 Å². The molecule has 2 saturated heterocycles. The van der Waals surface area contributed by atoms with E-state index >= 15 is 0 Å². The highest BCUT2D eigenvalue weighted by Gasteiger charge is 2.60. The van der Waals surface area contributed by atoms with E-state index in [0.29, 0.717) is 23.1 Å². The van der Waals surface area contributed by atoms with Crippen LogP contribution in [-0.2, 0) is 4.74 Å². The lowest BCUT2D eigenvalue weighted by atomic mass is 9.82. The second-order valence-electron chi connectivity index (χ2n) is 6.75. The van der Waals surface area contributed by atoms with E-state index in [2.05, 4.69) is 24.4 Å². The first-order valence-electron chi connectivity index (χ1n) is 7.66. The number of ether oxygens (including phenoxy) is 1. The number of amides is 1. The summed E-state index contributed by atoms with van der Waals surface area (Å²) in [5.41, 5.74) is -0.0225. The average molecular weight is 332 g/mol. The molecule has 4 rings (SSSR count). The molecule has 0 aliphatic carbocycles. The predicted molar refractivity (Wildman–Crippen MR) is 87.5 cm³/mol. The van der Waals surface area contributed by atoms with Gasteiger partial charge in [-0.2, -0.15) is 0 Å². The van der Waals surface area contributed by atoms with Crippen molar-refractivity contribution in [1.82, 2.24) is 10.2 Å². The Balaban J connectivity index is 1.42. The van der Waals surface area contributed by atoms with Gasteiger partial charge in [0.1, 0.15) is 11.4 Å². The highest BCUT2D eigenvalue weighted by Crippen LogP contribution is 2.52. The zero-order valence-electron chi connectivity index (χ0n) is 12.7. The number of hydrogen-bond donors (Lipinski definition) is 1. The third kappa shape index (κ3) is 2.37. The standard InChI is InChI=1S/C17H17FN2O2S/c1-16-6-7-17(22-16)10-20(9-12(17)8-16)15(23)19-14(21)11-2-4-13(18)5-3-11/h2-7,12H,8-10H2,1H3,(H,19,21,23). The van der Waals surface area contributed by atoms with Crippen molar-refractivity contribution >= 4 is 23.2 Å². The Bertz CT molecular complexity index is 720. The minimum atomic E-state index is -0.371. The summed E-state index contributed by atoms with van der Waals surface area (Å²) in [6.45, 7) is 3.55. The predicted octanol–water partition coefficient (Wildman–Crippen LogP) is 2.26. The van der Waals surface area contributed by atoms with Gasteiger partial charge in [0, 0.05) is 18.0 Å². The molecule has 1 aromatic rings. The van der Waals surface area contributed by atoms with Gasteiger partial charge in [-0.15, -0.1) is 0 Å². The molecule has 1 N–H and O–H groups in total. The van der Waals surface area contributed by atoms with Crippen molar-refractivity contribution < 1.29 is 13.9 Å². The van der Waals surface area contributed by atoms with Gasteiger partial charge in [0.2, 0.25) is 0 Å². The van der Waals surface area contributed by atoms with Crippen LogP contribution in [0.15, 0.2) is 36.4 Å². The fourth-order valence-corrected chi connectivity index (χ4v) is 4.11. The van der Waals surface area contributed by atoms with Gasteiger partial charge in [0.15, 0.2) is 5.11 Å². The Kier molecular flexibility index (Phi) is 3.12. The van der Waals surface area contributed by atoms with Crippen molar-refractivity contribution in [2.75, 3.05) is 13.1 Å². The molecule has 3 heterocycles. The summed E-state index contributed by atoms with van der Waals surface area (Å²) in [5, 5.41) is 3.12. The molecule has 23 heavy (non-hydrogen) atoms. The van der Waals surface area contributed by atoms with Gasteiger partial charge in [-0.25, -0.2) is 4.39 Å². The molecule has 3 aliphatic heterocycles. The summed E-state index contributed by atoms with van der Waals surface area (Å²) >= 11 is 5.37. The molecular formula is C17H17FN2O2S. The Morgan fingerprint density at radius 3 is 2.78 bits per heavy atom. The molecule has 6 heteroatoms. The minimum absolute atomic E-state index is 0.143. The summed E-state index contributed by atoms with van der Waals surface area (Å²) in [6, 6.07) is 5.40. The topological polar surface area (TPSA) is 41.6 Å². The Labute approximate surface area is 139 Å². The second-order valence-corrected chi connectivity index (χ2v) is 7.14. The first kappa shape index (κ1) is 14.8. The van der Waals surface area contributed by atoms with Crippen molar-refractivity contribution in [3.05, 3.63) is 47.8 Å². The molecule has 0 saturated carbocycles. The summed E-state index contributed by atoms with van der Waals surface area (Å²) in [6.07, 6.45) is 5.26. The Morgan fingerprint density at radius 2 is 2.13 bits per heavy atom. The molecule has 0 radical (unpaired) electrons. The van der Waals surface area contributed by atoms with E-state index in [1.54, 1.807) is 0 Å². The van der Waals surface area contributed by atoms with E-state index in [4.69, 9.17) is 17.0 Å². The van der Waals surface area contributed by atoms with Crippen LogP contribution in [0.2, 0.25) is 0 Å². The van der Waals surface area contributed by atoms with E-state index in [1.165, 1.54) is 24.3 Å². The molecular weight excluding hydrogens is 315 g/mol. The minimum Gasteiger partial charge on any atom is -0.358 e. The van der Waals surface area contributed by atoms with E-state index in [9.17, 15) is 9.18 Å². The van der Waals surface area contributed by atoms with Crippen LogP contribution in [0, 0.1) is 11.7 Å². The average Bonchev–Trinajstić information content (AvgIpc) is 3.10. The number of thiocarbonyl (C=S) groups is 1. The van der Waals surface area contributed by atoms with Crippen molar-refractivity contribution in [2.45, 2.75) is 24.5 Å². The van der Waals surface area contributed by atoms with Crippen LogP contribution in [-0.4, -0.2) is 40.2 Å². The molecule has 3 aliphatic rings. The first-order chi connectivity index (χ1) is 10.9. The lowest BCUT2D eigenvalue weighted by molar-refractivity contribution is -0.0230. The Morgan fingerprint density at radius 1 is 1.39 bits per heavy atom. The molecule has 0 aromatic heterocycles. The molecule has 3 unspecified atom stereocenters. The van der Waals surface area contributed by atoms with E-state index in [0.717, 1.165) is 13.0 Å². The number of carbonyl (C=O) groups is 1. The number of nitrogens with one attached hydrogen (secondary N) is 1. The second kappa shape index (κ2) is 4.85. The maximum Gasteiger partial charge on any atom is 0.257 e. The van der Waals surface area contributed by atoms with Crippen LogP contribution in [0.4, 0.5) is 4.39 Å². The van der Waals surface area contributed by atoms with Crippen LogP contribution < -0.4 is 5.32 Å². The molecule has 2 bridgehead atoms. The number of hydrogen-bond acceptors (Lipinski definition) is 3. The normalized spacial score (nSPS) is 33.8. The fourth-order valence-electron chi connectivity index (χ4n) is 3.88. The van der Waals surface area contributed by atoms with Crippen LogP contribution in [0.3, 0.4) is 0 Å². The van der Waals surface area contributed by atoms with Gasteiger partial charge in [0.05, 0.1) is 12.1 Å². The number of benzene rings is 1. The molecule has 3 atom stereocenters. The lowest BCUT2D eigenvalue weighted by Crippen LogP contribution is -2.43. The van der Waals surface area contributed by atoms with Gasteiger partial charge < -0.3 is 9.64 Å². The van der Waals surface area contributed by atoms with Gasteiger partial charge >= 0.3 is 0 Å². The largest absolute Gasteiger partial charge is 0.358 e. The molecule has 1 spiro atoms. The fraction of sp³-hybridized carbons (Fsp3) is 0.412. The number of rotatable bonds is 1. The van der Waals surface area contributed by atoms with Gasteiger partial charge in [-0.1, -0.05) is 12.2 Å². The van der Waals surface area contributed by atoms with Crippen molar-refractivity contribution in [3.8, 4) is 0 Å². The molecule has 1 aromatic carbocycles. The maximum atomic E-state index is 12.9. The van der Waals surface area contributed by atoms with Crippen LogP contribution in [0.25, 0.3) is 0 Å². The van der Waals surface area contributed by atoms with Crippen LogP contribution in [0.1, 0.15) is 23.7 Å². The van der Waals surface area contributed by atoms with E-state index < -0.39 is 0 Å². The number of halogens is 1. The van der Waals surface area contributed by atoms with Crippen LogP contribution >= 0.6 is 12.2 Å². The van der Waals surface area contributed by atoms with Crippen LogP contribution in [0.5, 0.6) is 0 Å². The van der Waals surface area contributed by atoms with Gasteiger partial charge in [0.25, 0.3) is 5.91 Å². The quantitative estimate of drug-likeness (QED) is 0.633. The summed E-state index contributed by atoms with van der Waals surface area (Å²) in [5.74, 6) is -0.292. The van der Waals surface area contributed by atoms with Crippen molar-refractivity contribution in [3.63, 3.8) is 0 Å². The van der Waals surface area contributed by atoms with E-state index in [-0.39, 0.29) is 22.9 Å². The Hall–Kier alpha value is -1.79. The highest BCUT2D eigenvalue weighted by molar-refractivity contribution is 7.80. The number of fused-ring (bicyclic) bond motifs is 1. The molecule has 120 valence electrons. The summed E-state index contributed by atoms with van der Waals surface area (Å²) < 4.78 is 19.1. The smallest absolute Gasteiger partial charge is 0.257 e. The maximum absolute atomic E-state index is 12.9. The third-order valence-corrected chi connectivity index (χ3v) is 5.34. The number of nitrogens with zero attached hydrogens (tertiary/aromatic N) is 1. The molecule has 1 amide bonds. The summed E-state index contributed by atoms with van der Waals surface area (Å²) in [7, 11) is 0. The number of likely N-dealkylation sites (tertiary alicyclic amines) is 1. The molecule has 2 fully saturated rings. The molecule has 4 nitrogen and oxygen atoms in total. The zero-order valence-corrected chi connectivity index (χ0v) is 13.5. The third-order valence-electron chi connectivity index (χ3n) is 4.98. The first-order valence-corrected chi connectivity index (χ1v) is 8.06. The highest BCUT2D eigenvalue weighted by atomic mass is 32.1. The van der Waals surface area contributed by atoms with E-state index in [1.807, 2.05) is 4.90 Å². The van der Waals surface area contributed by atoms with Crippen molar-refractivity contribution in [2.24, 2.45) is 5.92 Å². The monoisotopic (exact) mass is 332 g/mol. The lowest BCUT2D eigenvalue weighted by Gasteiger charge is -2.25. The van der Waals surface area contributed by atoms with Gasteiger partial charge in [-0.05, 0) is 49.8 Å². The summed E-state index contributed by atoms with van der Waals surface area (Å²) in [4.78, 5) is 14.2. The number of carbonyl (C=O) groups excluding carboxylic acids is 1. The van der Waals surface area contributed by atoms with Gasteiger partial charge in [-0.3, -0.25) is 10.1 Å². The zero-order chi connectivity index (χ0) is 16.2. The SMILES string of the molecule is CC12C=CC3(CN(C(=S)NC(=O)c4ccc(F)cc4)CC3C1)O2.